The second-order valence-electron chi connectivity index (χ2n) is 9.46. The average molecular weight is 731 g/mol. The van der Waals surface area contributed by atoms with E-state index in [1.165, 1.54) is 0 Å². The van der Waals surface area contributed by atoms with Gasteiger partial charge in [-0.2, -0.15) is 57.1 Å². The fourth-order valence-electron chi connectivity index (χ4n) is 2.95. The predicted octanol–water partition coefficient (Wildman–Crippen LogP) is 4.63. The smallest absolute Gasteiger partial charge is 0.391 e. The van der Waals surface area contributed by atoms with Crippen LogP contribution in [-0.4, -0.2) is 153 Å². The highest BCUT2D eigenvalue weighted by Crippen LogP contribution is 2.60. The minimum atomic E-state index is -7.92. The van der Waals surface area contributed by atoms with Gasteiger partial charge in [-0.15, -0.1) is 0 Å². The lowest BCUT2D eigenvalue weighted by Gasteiger charge is -2.39. The van der Waals surface area contributed by atoms with E-state index in [1.54, 1.807) is 6.92 Å². The molecule has 284 valence electrons. The zero-order chi connectivity index (χ0) is 36.3. The number of halogens is 13. The Bertz CT molecular complexity index is 805. The summed E-state index contributed by atoms with van der Waals surface area (Å²) in [6.45, 7) is 2.40. The normalized spacial score (nSPS) is 14.6. The fraction of sp³-hybridized carbons (Fsp3) is 1.00. The van der Waals surface area contributed by atoms with Crippen LogP contribution in [0.15, 0.2) is 0 Å². The van der Waals surface area contributed by atoms with E-state index >= 15 is 0 Å². The Morgan fingerprint density at radius 2 is 0.638 bits per heavy atom. The van der Waals surface area contributed by atoms with Crippen LogP contribution in [0.25, 0.3) is 0 Å². The summed E-state index contributed by atoms with van der Waals surface area (Å²) < 4.78 is 210. The summed E-state index contributed by atoms with van der Waals surface area (Å²) in [6, 6.07) is 0. The number of rotatable bonds is 30. The lowest BCUT2D eigenvalue weighted by Crippen LogP contribution is -2.70. The topological polar surface area (TPSA) is 94.1 Å². The monoisotopic (exact) mass is 730 g/mol. The third kappa shape index (κ3) is 15.4. The van der Waals surface area contributed by atoms with Crippen molar-refractivity contribution in [1.29, 1.82) is 0 Å². The predicted molar refractivity (Wildman–Crippen MR) is 134 cm³/mol. The van der Waals surface area contributed by atoms with Crippen LogP contribution in [0.5, 0.6) is 0 Å². The van der Waals surface area contributed by atoms with Gasteiger partial charge in [0.15, 0.2) is 0 Å². The van der Waals surface area contributed by atoms with Crippen LogP contribution >= 0.6 is 0 Å². The van der Waals surface area contributed by atoms with Gasteiger partial charge in [0.2, 0.25) is 0 Å². The van der Waals surface area contributed by atoms with Gasteiger partial charge in [0.05, 0.1) is 112 Å². The van der Waals surface area contributed by atoms with E-state index in [0.29, 0.717) is 39.6 Å². The van der Waals surface area contributed by atoms with Crippen molar-refractivity contribution < 1.29 is 100 Å². The van der Waals surface area contributed by atoms with E-state index in [4.69, 9.17) is 38.3 Å². The maximum absolute atomic E-state index is 13.6. The highest BCUT2D eigenvalue weighted by molar-refractivity contribution is 5.10. The SMILES string of the molecule is CC(O)COCCOCCOCCOCCOCCOCCOCCOCCC(F)(F)C(F)(F)C(F)(F)C(F)(F)C(F)(F)C(F)(F)F. The molecule has 0 radical (unpaired) electrons. The number of hydrogen-bond acceptors (Lipinski definition) is 9. The molecule has 0 heterocycles. The molecule has 0 aromatic rings. The van der Waals surface area contributed by atoms with E-state index in [1.807, 2.05) is 0 Å². The lowest BCUT2D eigenvalue weighted by atomic mass is 9.93. The second kappa shape index (κ2) is 21.7. The molecule has 0 spiro atoms. The largest absolute Gasteiger partial charge is 0.460 e. The molecule has 0 bridgehead atoms. The molecule has 0 aromatic carbocycles. The summed E-state index contributed by atoms with van der Waals surface area (Å²) in [5.74, 6) is -37.0. The molecule has 47 heavy (non-hydrogen) atoms. The molecule has 0 fully saturated rings. The molecule has 0 saturated heterocycles. The Balaban J connectivity index is 3.86. The van der Waals surface area contributed by atoms with Crippen molar-refractivity contribution in [1.82, 2.24) is 0 Å². The Morgan fingerprint density at radius 1 is 0.383 bits per heavy atom. The summed E-state index contributed by atoms with van der Waals surface area (Å²) >= 11 is 0. The Kier molecular flexibility index (Phi) is 21.2. The van der Waals surface area contributed by atoms with Crippen LogP contribution in [0.3, 0.4) is 0 Å². The van der Waals surface area contributed by atoms with E-state index in [0.717, 1.165) is 0 Å². The van der Waals surface area contributed by atoms with E-state index < -0.39 is 61.5 Å². The van der Waals surface area contributed by atoms with Gasteiger partial charge in [-0.1, -0.05) is 0 Å². The van der Waals surface area contributed by atoms with Crippen molar-refractivity contribution in [3.05, 3.63) is 0 Å². The summed E-state index contributed by atoms with van der Waals surface area (Å²) in [5, 5.41) is 9.01. The summed E-state index contributed by atoms with van der Waals surface area (Å²) in [5.41, 5.74) is 0. The molecule has 0 aliphatic rings. The van der Waals surface area contributed by atoms with E-state index in [9.17, 15) is 57.1 Å². The zero-order valence-electron chi connectivity index (χ0n) is 25.2. The first-order valence-corrected chi connectivity index (χ1v) is 13.9. The third-order valence-electron chi connectivity index (χ3n) is 5.52. The average Bonchev–Trinajstić information content (AvgIpc) is 2.95. The standard InChI is InChI=1S/C25H39F13O9/c1-19(39)18-47-17-16-46-15-14-45-13-12-44-11-10-43-9-8-42-7-6-41-5-4-40-3-2-20(26,27)21(28,29)22(30,31)23(32,33)24(34,35)25(36,37)38/h19,39H,2-18H2,1H3. The molecule has 1 unspecified atom stereocenters. The summed E-state index contributed by atoms with van der Waals surface area (Å²) in [6.07, 6.45) is -10.4. The number of hydrogen-bond donors (Lipinski definition) is 1. The van der Waals surface area contributed by atoms with Gasteiger partial charge in [0, 0.05) is 6.42 Å². The molecule has 0 rings (SSSR count). The van der Waals surface area contributed by atoms with Gasteiger partial charge in [0.1, 0.15) is 0 Å². The first-order valence-electron chi connectivity index (χ1n) is 13.9. The summed E-state index contributed by atoms with van der Waals surface area (Å²) in [4.78, 5) is 0. The summed E-state index contributed by atoms with van der Waals surface area (Å²) in [7, 11) is 0. The van der Waals surface area contributed by atoms with Crippen molar-refractivity contribution >= 4 is 0 Å². The van der Waals surface area contributed by atoms with Crippen LogP contribution in [-0.2, 0) is 37.9 Å². The maximum Gasteiger partial charge on any atom is 0.460 e. The molecular formula is C25H39F13O9. The van der Waals surface area contributed by atoms with Crippen molar-refractivity contribution in [3.63, 3.8) is 0 Å². The molecule has 0 aliphatic carbocycles. The van der Waals surface area contributed by atoms with Gasteiger partial charge < -0.3 is 43.0 Å². The second-order valence-corrected chi connectivity index (χ2v) is 9.46. The van der Waals surface area contributed by atoms with Gasteiger partial charge in [-0.3, -0.25) is 0 Å². The van der Waals surface area contributed by atoms with Crippen LogP contribution < -0.4 is 0 Å². The van der Waals surface area contributed by atoms with Gasteiger partial charge >= 0.3 is 35.8 Å². The number of aliphatic hydroxyl groups is 1. The van der Waals surface area contributed by atoms with Crippen molar-refractivity contribution in [2.45, 2.75) is 55.2 Å². The highest BCUT2D eigenvalue weighted by atomic mass is 19.4. The molecule has 1 N–H and O–H groups in total. The molecule has 0 aromatic heterocycles. The molecule has 1 atom stereocenters. The van der Waals surface area contributed by atoms with Gasteiger partial charge in [-0.25, -0.2) is 0 Å². The number of aliphatic hydroxyl groups excluding tert-OH is 1. The molecular weight excluding hydrogens is 691 g/mol. The molecule has 22 heteroatoms. The van der Waals surface area contributed by atoms with E-state index in [2.05, 4.69) is 4.74 Å². The Hall–Kier alpha value is -1.27. The molecule has 0 aliphatic heterocycles. The highest BCUT2D eigenvalue weighted by Gasteiger charge is 2.90. The molecule has 9 nitrogen and oxygen atoms in total. The zero-order valence-corrected chi connectivity index (χ0v) is 25.2. The number of ether oxygens (including phenoxy) is 8. The van der Waals surface area contributed by atoms with Gasteiger partial charge in [0.25, 0.3) is 0 Å². The minimum Gasteiger partial charge on any atom is -0.391 e. The van der Waals surface area contributed by atoms with E-state index in [-0.39, 0.29) is 52.9 Å². The van der Waals surface area contributed by atoms with Crippen LogP contribution in [0.4, 0.5) is 57.1 Å². The quantitative estimate of drug-likeness (QED) is 0.0840. The Morgan fingerprint density at radius 3 is 0.915 bits per heavy atom. The fourth-order valence-corrected chi connectivity index (χ4v) is 2.95. The number of alkyl halides is 13. The molecule has 0 amide bonds. The van der Waals surface area contributed by atoms with Crippen molar-refractivity contribution in [2.24, 2.45) is 0 Å². The van der Waals surface area contributed by atoms with Crippen LogP contribution in [0.1, 0.15) is 13.3 Å². The third-order valence-corrected chi connectivity index (χ3v) is 5.52. The Labute approximate surface area is 261 Å². The maximum atomic E-state index is 13.6. The lowest BCUT2D eigenvalue weighted by molar-refractivity contribution is -0.440. The molecule has 0 saturated carbocycles. The van der Waals surface area contributed by atoms with Gasteiger partial charge in [-0.05, 0) is 6.92 Å². The van der Waals surface area contributed by atoms with Crippen LogP contribution in [0, 0.1) is 0 Å². The van der Waals surface area contributed by atoms with Crippen LogP contribution in [0.2, 0.25) is 0 Å². The first kappa shape index (κ1) is 45.7. The minimum absolute atomic E-state index is 0.0198. The first-order chi connectivity index (χ1) is 21.7. The van der Waals surface area contributed by atoms with Crippen molar-refractivity contribution in [2.75, 3.05) is 106 Å². The van der Waals surface area contributed by atoms with Crippen molar-refractivity contribution in [3.8, 4) is 0 Å².